The van der Waals surface area contributed by atoms with Crippen LogP contribution < -0.4 is 16.0 Å². The molecule has 3 rings (SSSR count). The molecule has 0 aliphatic heterocycles. The molecule has 0 fully saturated rings. The molecule has 2 amide bonds. The summed E-state index contributed by atoms with van der Waals surface area (Å²) in [6.07, 6.45) is 3.94. The summed E-state index contributed by atoms with van der Waals surface area (Å²) in [6, 6.07) is 31.9. The van der Waals surface area contributed by atoms with Crippen molar-refractivity contribution < 1.29 is 14.3 Å². The second-order valence-corrected chi connectivity index (χ2v) is 11.2. The number of hydrogen-bond acceptors (Lipinski definition) is 5. The van der Waals surface area contributed by atoms with Crippen molar-refractivity contribution in [3.63, 3.8) is 0 Å². The van der Waals surface area contributed by atoms with Crippen molar-refractivity contribution in [2.75, 3.05) is 19.6 Å². The van der Waals surface area contributed by atoms with Gasteiger partial charge in [-0.3, -0.25) is 4.79 Å². The van der Waals surface area contributed by atoms with Crippen LogP contribution in [0.2, 0.25) is 0 Å². The van der Waals surface area contributed by atoms with Crippen LogP contribution in [0.3, 0.4) is 0 Å². The number of nitrogens with zero attached hydrogens (tertiary/aromatic N) is 1. The first-order valence-electron chi connectivity index (χ1n) is 15.4. The van der Waals surface area contributed by atoms with Crippen molar-refractivity contribution in [2.24, 2.45) is 5.92 Å². The molecule has 0 radical (unpaired) electrons. The molecule has 0 heterocycles. The lowest BCUT2D eigenvalue weighted by atomic mass is 9.70. The minimum absolute atomic E-state index is 0.0235. The maximum absolute atomic E-state index is 13.2. The number of amides is 2. The second kappa shape index (κ2) is 18.4. The Morgan fingerprint density at radius 1 is 0.791 bits per heavy atom. The highest BCUT2D eigenvalue weighted by atomic mass is 16.5. The quantitative estimate of drug-likeness (QED) is 0.153. The normalized spacial score (nSPS) is 13.0. The summed E-state index contributed by atoms with van der Waals surface area (Å²) in [4.78, 5) is 25.2. The van der Waals surface area contributed by atoms with Gasteiger partial charge >= 0.3 is 6.09 Å². The first-order chi connectivity index (χ1) is 20.9. The first kappa shape index (κ1) is 33.4. The molecule has 7 nitrogen and oxygen atoms in total. The van der Waals surface area contributed by atoms with Gasteiger partial charge in [-0.1, -0.05) is 105 Å². The van der Waals surface area contributed by atoms with E-state index in [0.717, 1.165) is 36.8 Å². The maximum atomic E-state index is 13.2. The average Bonchev–Trinajstić information content (AvgIpc) is 3.04. The third-order valence-corrected chi connectivity index (χ3v) is 7.89. The van der Waals surface area contributed by atoms with Crippen LogP contribution in [-0.4, -0.2) is 37.7 Å². The Kier molecular flexibility index (Phi) is 14.3. The smallest absolute Gasteiger partial charge is 0.407 e. The van der Waals surface area contributed by atoms with E-state index in [0.29, 0.717) is 32.5 Å². The number of benzene rings is 3. The van der Waals surface area contributed by atoms with Crippen LogP contribution in [0.25, 0.3) is 0 Å². The summed E-state index contributed by atoms with van der Waals surface area (Å²) in [5.74, 6) is 0.133. The summed E-state index contributed by atoms with van der Waals surface area (Å²) in [5, 5.41) is 19.6. The lowest BCUT2D eigenvalue weighted by molar-refractivity contribution is -0.123. The van der Waals surface area contributed by atoms with Gasteiger partial charge in [-0.05, 0) is 67.7 Å². The molecular weight excluding hydrogens is 536 g/mol. The molecule has 43 heavy (non-hydrogen) atoms. The van der Waals surface area contributed by atoms with Crippen LogP contribution in [-0.2, 0) is 28.0 Å². The van der Waals surface area contributed by atoms with Gasteiger partial charge in [0.05, 0.1) is 17.5 Å². The maximum Gasteiger partial charge on any atom is 0.407 e. The molecular formula is C36H46N4O3. The Labute approximate surface area is 257 Å². The first-order valence-corrected chi connectivity index (χ1v) is 15.4. The second-order valence-electron chi connectivity index (χ2n) is 11.2. The average molecular weight is 583 g/mol. The number of nitriles is 1. The molecule has 228 valence electrons. The molecule has 2 atom stereocenters. The molecule has 0 bridgehead atoms. The summed E-state index contributed by atoms with van der Waals surface area (Å²) in [5.41, 5.74) is 2.59. The number of carbonyl (C=O) groups excluding carboxylic acids is 2. The third kappa shape index (κ3) is 11.2. The van der Waals surface area contributed by atoms with Crippen molar-refractivity contribution >= 4 is 12.0 Å². The van der Waals surface area contributed by atoms with E-state index in [1.807, 2.05) is 78.9 Å². The van der Waals surface area contributed by atoms with Gasteiger partial charge in [-0.2, -0.15) is 5.26 Å². The van der Waals surface area contributed by atoms with Gasteiger partial charge in [-0.15, -0.1) is 0 Å². The highest BCUT2D eigenvalue weighted by molar-refractivity contribution is 5.81. The fourth-order valence-corrected chi connectivity index (χ4v) is 5.26. The fraction of sp³-hybridized carbons (Fsp3) is 0.417. The van der Waals surface area contributed by atoms with Gasteiger partial charge in [0.2, 0.25) is 5.91 Å². The van der Waals surface area contributed by atoms with Crippen molar-refractivity contribution in [3.05, 3.63) is 108 Å². The standard InChI is InChI=1S/C36H46N4O3/c1-29(2)36(28-37,32-19-10-5-11-20-32)23-14-25-38-33(34(41)39-26-22-30-15-6-3-7-16-30)21-12-13-24-40-35(42)43-27-31-17-8-4-9-18-31/h3-11,15-20,29,33,38H,12-14,21-27H2,1-2H3,(H,39,41)(H,40,42)/t33-,36+/m1/s1. The molecule has 0 saturated heterocycles. The van der Waals surface area contributed by atoms with Crippen molar-refractivity contribution in [1.82, 2.24) is 16.0 Å². The van der Waals surface area contributed by atoms with Gasteiger partial charge in [0.1, 0.15) is 6.61 Å². The van der Waals surface area contributed by atoms with Gasteiger partial charge < -0.3 is 20.7 Å². The molecule has 0 unspecified atom stereocenters. The summed E-state index contributed by atoms with van der Waals surface area (Å²) < 4.78 is 5.28. The van der Waals surface area contributed by atoms with E-state index in [9.17, 15) is 14.9 Å². The molecule has 3 aromatic rings. The van der Waals surface area contributed by atoms with E-state index in [-0.39, 0.29) is 24.5 Å². The van der Waals surface area contributed by atoms with E-state index in [2.05, 4.69) is 48.0 Å². The van der Waals surface area contributed by atoms with Gasteiger partial charge in [0.15, 0.2) is 0 Å². The van der Waals surface area contributed by atoms with Crippen molar-refractivity contribution in [2.45, 2.75) is 70.4 Å². The van der Waals surface area contributed by atoms with Crippen LogP contribution in [0, 0.1) is 17.2 Å². The molecule has 0 saturated carbocycles. The molecule has 3 aromatic carbocycles. The number of alkyl carbamates (subject to hydrolysis) is 1. The number of unbranched alkanes of at least 4 members (excludes halogenated alkanes) is 1. The van der Waals surface area contributed by atoms with Gasteiger partial charge in [-0.25, -0.2) is 4.79 Å². The van der Waals surface area contributed by atoms with Crippen LogP contribution in [0.15, 0.2) is 91.0 Å². The minimum Gasteiger partial charge on any atom is -0.445 e. The highest BCUT2D eigenvalue weighted by Gasteiger charge is 2.35. The predicted octanol–water partition coefficient (Wildman–Crippen LogP) is 6.30. The Bertz CT molecular complexity index is 1260. The van der Waals surface area contributed by atoms with Crippen molar-refractivity contribution in [1.29, 1.82) is 5.26 Å². The Morgan fingerprint density at radius 3 is 2.05 bits per heavy atom. The Morgan fingerprint density at radius 2 is 1.42 bits per heavy atom. The summed E-state index contributed by atoms with van der Waals surface area (Å²) in [7, 11) is 0. The largest absolute Gasteiger partial charge is 0.445 e. The van der Waals surface area contributed by atoms with Gasteiger partial charge in [0, 0.05) is 13.1 Å². The molecule has 3 N–H and O–H groups in total. The number of nitrogens with one attached hydrogen (secondary N) is 3. The monoisotopic (exact) mass is 582 g/mol. The number of hydrogen-bond donors (Lipinski definition) is 3. The fourth-order valence-electron chi connectivity index (χ4n) is 5.26. The minimum atomic E-state index is -0.572. The molecule has 0 aliphatic carbocycles. The van der Waals surface area contributed by atoms with Crippen LogP contribution in [0.4, 0.5) is 4.79 Å². The topological polar surface area (TPSA) is 103 Å². The van der Waals surface area contributed by atoms with Crippen LogP contribution in [0.5, 0.6) is 0 Å². The van der Waals surface area contributed by atoms with E-state index in [4.69, 9.17) is 4.74 Å². The van der Waals surface area contributed by atoms with E-state index in [1.54, 1.807) is 0 Å². The summed E-state index contributed by atoms with van der Waals surface area (Å²) in [6.45, 7) is 6.09. The molecule has 0 aromatic heterocycles. The molecule has 7 heteroatoms. The van der Waals surface area contributed by atoms with Gasteiger partial charge in [0.25, 0.3) is 0 Å². The number of carbonyl (C=O) groups is 2. The lowest BCUT2D eigenvalue weighted by Crippen LogP contribution is -2.45. The van der Waals surface area contributed by atoms with E-state index >= 15 is 0 Å². The van der Waals surface area contributed by atoms with Crippen LogP contribution >= 0.6 is 0 Å². The number of ether oxygens (including phenoxy) is 1. The zero-order valence-electron chi connectivity index (χ0n) is 25.6. The SMILES string of the molecule is CC(C)[C@@](C#N)(CCCN[C@H](CCCCNC(=O)OCc1ccccc1)C(=O)NCCc1ccccc1)c1ccccc1. The summed E-state index contributed by atoms with van der Waals surface area (Å²) >= 11 is 0. The lowest BCUT2D eigenvalue weighted by Gasteiger charge is -2.31. The Balaban J connectivity index is 1.47. The van der Waals surface area contributed by atoms with E-state index in [1.165, 1.54) is 5.56 Å². The zero-order chi connectivity index (χ0) is 30.8. The number of rotatable bonds is 18. The third-order valence-electron chi connectivity index (χ3n) is 7.89. The van der Waals surface area contributed by atoms with Crippen molar-refractivity contribution in [3.8, 4) is 6.07 Å². The predicted molar refractivity (Wildman–Crippen MR) is 171 cm³/mol. The zero-order valence-corrected chi connectivity index (χ0v) is 25.6. The highest BCUT2D eigenvalue weighted by Crippen LogP contribution is 2.36. The molecule has 0 aliphatic rings. The molecule has 0 spiro atoms. The van der Waals surface area contributed by atoms with E-state index < -0.39 is 11.5 Å². The Hall–Kier alpha value is -4.15. The van der Waals surface area contributed by atoms with Crippen LogP contribution in [0.1, 0.15) is 62.6 Å².